The number of aromatic hydroxyl groups is 2. The van der Waals surface area contributed by atoms with Crippen molar-refractivity contribution >= 4 is 88.1 Å². The number of carbonyl (C=O) groups is 14. The molecule has 0 radical (unpaired) electrons. The van der Waals surface area contributed by atoms with Crippen molar-refractivity contribution in [1.29, 1.82) is 0 Å². The second-order valence-electron chi connectivity index (χ2n) is 25.7. The second kappa shape index (κ2) is 40.7. The van der Waals surface area contributed by atoms with Crippen LogP contribution in [0.1, 0.15) is 121 Å². The van der Waals surface area contributed by atoms with Crippen molar-refractivity contribution in [2.45, 2.75) is 154 Å². The summed E-state index contributed by atoms with van der Waals surface area (Å²) >= 11 is 0. The summed E-state index contributed by atoms with van der Waals surface area (Å²) in [6, 6.07) is 12.4. The topological polar surface area (TPSA) is 520 Å². The third-order valence-electron chi connectivity index (χ3n) is 17.0. The normalized spacial score (nSPS) is 15.7. The minimum absolute atomic E-state index is 0.0175. The highest BCUT2D eigenvalue weighted by Crippen LogP contribution is 2.26. The molecule has 0 bridgehead atoms. The number of aliphatic imine (C=N–C) groups is 1. The molecule has 30 nitrogen and oxygen atoms in total. The van der Waals surface area contributed by atoms with Crippen molar-refractivity contribution < 1.29 is 92.7 Å². The third-order valence-corrected chi connectivity index (χ3v) is 17.0. The van der Waals surface area contributed by atoms with Crippen molar-refractivity contribution in [3.63, 3.8) is 0 Å². The molecule has 99 heavy (non-hydrogen) atoms. The lowest BCUT2D eigenvalue weighted by Crippen LogP contribution is -2.51. The van der Waals surface area contributed by atoms with Gasteiger partial charge in [-0.15, -0.1) is 0 Å². The molecule has 18 N–H and O–H groups in total. The van der Waals surface area contributed by atoms with Gasteiger partial charge in [0.2, 0.25) is 47.3 Å². The van der Waals surface area contributed by atoms with Gasteiger partial charge in [0.15, 0.2) is 29.1 Å². The number of primary amides is 2. The van der Waals surface area contributed by atoms with E-state index in [1.54, 1.807) is 49.4 Å². The van der Waals surface area contributed by atoms with Gasteiger partial charge in [0, 0.05) is 74.8 Å². The number of nitrogens with two attached hydrogens (primary N) is 4. The smallest absolute Gasteiger partial charge is 0.305 e. The van der Waals surface area contributed by atoms with Gasteiger partial charge in [0.1, 0.15) is 29.4 Å². The van der Waals surface area contributed by atoms with Crippen LogP contribution in [0.25, 0.3) is 0 Å². The summed E-state index contributed by atoms with van der Waals surface area (Å²) in [4.78, 5) is 195. The fraction of sp³-hybridized carbons (Fsp3) is 0.522. The van der Waals surface area contributed by atoms with Crippen LogP contribution in [0, 0.1) is 41.4 Å². The number of likely N-dealkylation sites (tertiary alicyclic amines) is 1. The summed E-state index contributed by atoms with van der Waals surface area (Å²) in [5.41, 5.74) is 23.5. The minimum atomic E-state index is -1.88. The lowest BCUT2D eigenvalue weighted by atomic mass is 9.86. The Morgan fingerprint density at radius 2 is 1.01 bits per heavy atom. The molecule has 540 valence electrons. The van der Waals surface area contributed by atoms with E-state index < -0.39 is 194 Å². The number of hydrogen-bond donors (Lipinski definition) is 14. The number of amides is 8. The molecular formula is C69H95N11O19. The van der Waals surface area contributed by atoms with Crippen LogP contribution in [0.5, 0.6) is 11.5 Å². The molecule has 1 fully saturated rings. The average molecular weight is 1380 g/mol. The minimum Gasteiger partial charge on any atom is -0.508 e. The molecular weight excluding hydrogens is 1290 g/mol. The average Bonchev–Trinajstić information content (AvgIpc) is 1.77. The number of phenols is 2. The predicted molar refractivity (Wildman–Crippen MR) is 358 cm³/mol. The Morgan fingerprint density at radius 3 is 1.51 bits per heavy atom. The lowest BCUT2D eigenvalue weighted by Gasteiger charge is -2.28. The summed E-state index contributed by atoms with van der Waals surface area (Å²) in [5.74, 6) is -19.2. The molecule has 1 aliphatic rings. The van der Waals surface area contributed by atoms with Crippen molar-refractivity contribution in [3.8, 4) is 11.5 Å². The first-order valence-corrected chi connectivity index (χ1v) is 32.9. The van der Waals surface area contributed by atoms with Gasteiger partial charge in [-0.05, 0) is 98.2 Å². The van der Waals surface area contributed by atoms with E-state index in [-0.39, 0.29) is 99.5 Å². The van der Waals surface area contributed by atoms with E-state index >= 15 is 0 Å². The Morgan fingerprint density at radius 1 is 0.535 bits per heavy atom. The lowest BCUT2D eigenvalue weighted by molar-refractivity contribution is -0.145. The molecule has 3 aromatic carbocycles. The Kier molecular flexibility index (Phi) is 33.5. The van der Waals surface area contributed by atoms with Crippen LogP contribution in [-0.4, -0.2) is 182 Å². The summed E-state index contributed by atoms with van der Waals surface area (Å²) < 4.78 is 0. The maximum Gasteiger partial charge on any atom is 0.305 e. The number of carboxylic acids is 1. The number of carbonyl (C=O) groups excluding carboxylic acids is 13. The van der Waals surface area contributed by atoms with Gasteiger partial charge in [-0.1, -0.05) is 82.3 Å². The third kappa shape index (κ3) is 28.2. The van der Waals surface area contributed by atoms with E-state index in [1.165, 1.54) is 43.3 Å². The Balaban J connectivity index is 1.50. The number of ketones is 5. The zero-order valence-corrected chi connectivity index (χ0v) is 56.2. The van der Waals surface area contributed by atoms with Crippen LogP contribution in [-0.2, 0) is 86.4 Å². The maximum atomic E-state index is 14.5. The zero-order valence-electron chi connectivity index (χ0n) is 56.2. The molecule has 1 aliphatic heterocycles. The monoisotopic (exact) mass is 1380 g/mol. The summed E-state index contributed by atoms with van der Waals surface area (Å²) in [6.07, 6.45) is -3.85. The van der Waals surface area contributed by atoms with Crippen LogP contribution in [0.4, 0.5) is 0 Å². The molecule has 0 spiro atoms. The number of hydrogen-bond acceptors (Lipinski definition) is 19. The first kappa shape index (κ1) is 81.5. The molecule has 0 unspecified atom stereocenters. The van der Waals surface area contributed by atoms with Gasteiger partial charge in [-0.3, -0.25) is 72.1 Å². The van der Waals surface area contributed by atoms with E-state index in [2.05, 4.69) is 31.6 Å². The van der Waals surface area contributed by atoms with Crippen LogP contribution in [0.2, 0.25) is 0 Å². The van der Waals surface area contributed by atoms with Crippen LogP contribution in [0.15, 0.2) is 83.9 Å². The summed E-state index contributed by atoms with van der Waals surface area (Å²) in [7, 11) is 0. The molecule has 0 aromatic heterocycles. The number of aliphatic carboxylic acids is 1. The SMILES string of the molecule is CC(C)C[C@H](C)C(=O)C[C@@H](Cc1ccc(O)cc1)C(=O)N[C@@H](CCCN=C(N)N)C(=O)C[C@@H](C)C(=O)N[C@@H](CC(N)=O)C(=O)C[C@@H](Cc1ccccc1)C(=O)N[C@@H](CC(=O)O)C(=O)C[C@@H](CO)C(=O)N1CCC[C@H]1C(=O)NCC(=O)C[C@@H](Cc1ccc(O)cc1)C(=O)N[C@@H](CO)C(N)=O. The van der Waals surface area contributed by atoms with E-state index in [1.807, 2.05) is 13.8 Å². The highest BCUT2D eigenvalue weighted by atomic mass is 16.4. The molecule has 1 saturated heterocycles. The summed E-state index contributed by atoms with van der Waals surface area (Å²) in [6.45, 7) is 4.59. The quantitative estimate of drug-likeness (QED) is 0.0195. The Hall–Kier alpha value is -9.97. The number of rotatable bonds is 45. The number of aliphatic hydroxyl groups excluding tert-OH is 2. The van der Waals surface area contributed by atoms with E-state index in [4.69, 9.17) is 22.9 Å². The number of nitrogens with one attached hydrogen (secondary N) is 5. The van der Waals surface area contributed by atoms with Gasteiger partial charge in [0.05, 0.1) is 56.6 Å². The van der Waals surface area contributed by atoms with Gasteiger partial charge >= 0.3 is 5.97 Å². The highest BCUT2D eigenvalue weighted by Gasteiger charge is 2.40. The van der Waals surface area contributed by atoms with Crippen molar-refractivity contribution in [2.24, 2.45) is 69.4 Å². The van der Waals surface area contributed by atoms with E-state index in [9.17, 15) is 92.7 Å². The molecule has 4 rings (SSSR count). The molecule has 3 aromatic rings. The van der Waals surface area contributed by atoms with E-state index in [0.29, 0.717) is 23.1 Å². The Bertz CT molecular complexity index is 3340. The fourth-order valence-corrected chi connectivity index (χ4v) is 11.6. The van der Waals surface area contributed by atoms with Crippen LogP contribution < -0.4 is 49.5 Å². The van der Waals surface area contributed by atoms with Gasteiger partial charge in [0.25, 0.3) is 0 Å². The number of aliphatic hydroxyl groups is 2. The first-order valence-electron chi connectivity index (χ1n) is 32.9. The fourth-order valence-electron chi connectivity index (χ4n) is 11.6. The summed E-state index contributed by atoms with van der Waals surface area (Å²) in [5, 5.41) is 62.2. The number of carboxylic acid groups (broad SMARTS) is 1. The van der Waals surface area contributed by atoms with Gasteiger partial charge in [-0.2, -0.15) is 0 Å². The highest BCUT2D eigenvalue weighted by molar-refractivity contribution is 6.00. The molecule has 30 heteroatoms. The number of guanidine groups is 1. The number of nitrogens with zero attached hydrogens (tertiary/aromatic N) is 2. The van der Waals surface area contributed by atoms with Gasteiger partial charge < -0.3 is 80.0 Å². The molecule has 1 heterocycles. The zero-order chi connectivity index (χ0) is 73.6. The molecule has 8 amide bonds. The molecule has 11 atom stereocenters. The predicted octanol–water partition coefficient (Wildman–Crippen LogP) is -0.375. The van der Waals surface area contributed by atoms with E-state index in [0.717, 1.165) is 4.90 Å². The molecule has 0 aliphatic carbocycles. The largest absolute Gasteiger partial charge is 0.508 e. The van der Waals surface area contributed by atoms with Crippen LogP contribution in [0.3, 0.4) is 0 Å². The Labute approximate surface area is 573 Å². The number of phenolic OH excluding ortho intramolecular Hbond substituents is 2. The van der Waals surface area contributed by atoms with Crippen molar-refractivity contribution in [3.05, 3.63) is 95.6 Å². The first-order chi connectivity index (χ1) is 46.8. The molecule has 0 saturated carbocycles. The second-order valence-corrected chi connectivity index (χ2v) is 25.7. The maximum absolute atomic E-state index is 14.5. The number of benzene rings is 3. The number of Topliss-reactive ketones (excluding diaryl/α,β-unsaturated/α-hetero) is 5. The van der Waals surface area contributed by atoms with Crippen LogP contribution >= 0.6 is 0 Å². The van der Waals surface area contributed by atoms with Crippen molar-refractivity contribution in [2.75, 3.05) is 32.8 Å². The standard InChI is InChI=1S/C69H95N11O19/c1-38(2)24-39(3)56(86)30-45(28-43-16-20-49(84)21-17-43)65(96)76-51(12-8-22-74-69(72)73)57(87)25-40(4)63(94)77-52(33-60(70)90)58(88)31-46(26-41-10-6-5-7-11-41)66(97)78-53(34-61(91)92)59(89)32-47(36-81)68(99)80-23-9-13-55(80)67(98)75-35-50(85)29-44(27-42-14-18-48(83)19-15-42)64(95)79-54(37-82)62(71)93/h5-7,10-11,14-21,38-40,44-47,51-55,81-84H,8-9,12-13,22-37H2,1-4H3,(H2,70,90)(H2,71,93)(H,75,98)(H,76,96)(H,77,94)(H,78,97)(H,79,95)(H,91,92)(H4,72,73,74)/t39-,40+,44+,45+,46+,47-,51-,52-,53-,54-,55-/m0/s1. The van der Waals surface area contributed by atoms with Crippen molar-refractivity contribution in [1.82, 2.24) is 31.5 Å². The van der Waals surface area contributed by atoms with Gasteiger partial charge in [-0.25, -0.2) is 0 Å².